The Balaban J connectivity index is 1.92. The number of ether oxygens (including phenoxy) is 2. The maximum absolute atomic E-state index is 12.4. The summed E-state index contributed by atoms with van der Waals surface area (Å²) in [6.07, 6.45) is 0. The molecule has 2 heterocycles. The highest BCUT2D eigenvalue weighted by molar-refractivity contribution is 6.04. The number of hydrogen-bond donors (Lipinski definition) is 1. The van der Waals surface area contributed by atoms with Gasteiger partial charge in [-0.25, -0.2) is 4.79 Å². The largest absolute Gasteiger partial charge is 0.422 e. The van der Waals surface area contributed by atoms with Crippen LogP contribution >= 0.6 is 0 Å². The number of carbonyl (C=O) groups is 1. The molecule has 25 heavy (non-hydrogen) atoms. The molecule has 0 fully saturated rings. The first kappa shape index (κ1) is 15.6. The Morgan fingerprint density at radius 3 is 2.52 bits per heavy atom. The molecule has 0 radical (unpaired) electrons. The van der Waals surface area contributed by atoms with Gasteiger partial charge in [-0.05, 0) is 29.8 Å². The molecule has 6 heteroatoms. The molecule has 0 unspecified atom stereocenters. The van der Waals surface area contributed by atoms with Crippen LogP contribution in [0.5, 0.6) is 0 Å². The molecule has 0 saturated heterocycles. The lowest BCUT2D eigenvalue weighted by atomic mass is 9.99. The molecule has 1 aliphatic rings. The van der Waals surface area contributed by atoms with Gasteiger partial charge in [0, 0.05) is 25.2 Å². The number of hydrogen-bond acceptors (Lipinski definition) is 5. The summed E-state index contributed by atoms with van der Waals surface area (Å²) >= 11 is 0. The molecule has 3 aromatic rings. The minimum atomic E-state index is -1.53. The van der Waals surface area contributed by atoms with Gasteiger partial charge >= 0.3 is 5.63 Å². The predicted molar refractivity (Wildman–Crippen MR) is 92.2 cm³/mol. The lowest BCUT2D eigenvalue weighted by Gasteiger charge is -2.23. The summed E-state index contributed by atoms with van der Waals surface area (Å²) in [5, 5.41) is 3.54. The van der Waals surface area contributed by atoms with Crippen molar-refractivity contribution in [2.75, 3.05) is 19.5 Å². The van der Waals surface area contributed by atoms with Gasteiger partial charge in [0.05, 0.1) is 11.3 Å². The Morgan fingerprint density at radius 2 is 1.76 bits per heavy atom. The van der Waals surface area contributed by atoms with E-state index in [0.29, 0.717) is 28.0 Å². The normalized spacial score (nSPS) is 15.2. The first-order valence-electron chi connectivity index (χ1n) is 7.68. The van der Waals surface area contributed by atoms with Gasteiger partial charge < -0.3 is 19.2 Å². The first-order valence-corrected chi connectivity index (χ1v) is 7.68. The van der Waals surface area contributed by atoms with Crippen molar-refractivity contribution in [3.63, 3.8) is 0 Å². The van der Waals surface area contributed by atoms with E-state index in [9.17, 15) is 9.59 Å². The minimum absolute atomic E-state index is 0.405. The lowest BCUT2D eigenvalue weighted by Crippen LogP contribution is -2.38. The Bertz CT molecular complexity index is 1050. The Hall–Kier alpha value is -2.96. The van der Waals surface area contributed by atoms with E-state index in [4.69, 9.17) is 13.9 Å². The number of methoxy groups -OCH3 is 2. The standard InChI is InChI=1S/C19H15NO5/c1-23-19(24-2)14-10-11(7-8-15(14)20-18(19)22)13-9-12-5-3-4-6-16(12)25-17(13)21/h3-10H,1-2H3,(H,20,22). The fourth-order valence-corrected chi connectivity index (χ4v) is 3.17. The number of benzene rings is 2. The summed E-state index contributed by atoms with van der Waals surface area (Å²) in [5.74, 6) is -1.93. The average molecular weight is 337 g/mol. The van der Waals surface area contributed by atoms with E-state index >= 15 is 0 Å². The van der Waals surface area contributed by atoms with E-state index < -0.39 is 17.3 Å². The predicted octanol–water partition coefficient (Wildman–Crippen LogP) is 2.86. The monoisotopic (exact) mass is 337 g/mol. The molecule has 1 aliphatic heterocycles. The molecule has 126 valence electrons. The number of fused-ring (bicyclic) bond motifs is 2. The van der Waals surface area contributed by atoms with Gasteiger partial charge in [-0.1, -0.05) is 24.3 Å². The third-order valence-electron chi connectivity index (χ3n) is 4.45. The van der Waals surface area contributed by atoms with Crippen LogP contribution in [0, 0.1) is 0 Å². The minimum Gasteiger partial charge on any atom is -0.422 e. The maximum Gasteiger partial charge on any atom is 0.344 e. The molecular formula is C19H15NO5. The van der Waals surface area contributed by atoms with Crippen LogP contribution in [0.25, 0.3) is 22.1 Å². The zero-order valence-corrected chi connectivity index (χ0v) is 13.7. The highest BCUT2D eigenvalue weighted by Crippen LogP contribution is 2.41. The van der Waals surface area contributed by atoms with E-state index in [2.05, 4.69) is 5.32 Å². The number of amides is 1. The van der Waals surface area contributed by atoms with Gasteiger partial charge in [-0.3, -0.25) is 4.79 Å². The van der Waals surface area contributed by atoms with Crippen molar-refractivity contribution in [2.24, 2.45) is 0 Å². The summed E-state index contributed by atoms with van der Waals surface area (Å²) in [4.78, 5) is 24.7. The van der Waals surface area contributed by atoms with Crippen LogP contribution in [0.2, 0.25) is 0 Å². The van der Waals surface area contributed by atoms with Gasteiger partial charge in [0.25, 0.3) is 11.7 Å². The lowest BCUT2D eigenvalue weighted by molar-refractivity contribution is -0.207. The number of nitrogens with one attached hydrogen (secondary N) is 1. The first-order chi connectivity index (χ1) is 12.1. The van der Waals surface area contributed by atoms with Crippen LogP contribution in [-0.4, -0.2) is 20.1 Å². The van der Waals surface area contributed by atoms with Crippen LogP contribution in [0.1, 0.15) is 5.56 Å². The van der Waals surface area contributed by atoms with Gasteiger partial charge in [-0.2, -0.15) is 0 Å². The zero-order valence-electron chi connectivity index (χ0n) is 13.7. The van der Waals surface area contributed by atoms with Crippen molar-refractivity contribution >= 4 is 22.6 Å². The fraction of sp³-hybridized carbons (Fsp3) is 0.158. The van der Waals surface area contributed by atoms with Crippen molar-refractivity contribution in [1.29, 1.82) is 0 Å². The molecule has 0 atom stereocenters. The molecule has 0 bridgehead atoms. The molecule has 0 spiro atoms. The zero-order chi connectivity index (χ0) is 17.6. The van der Waals surface area contributed by atoms with Crippen molar-refractivity contribution in [1.82, 2.24) is 0 Å². The Kier molecular flexibility index (Phi) is 3.45. The van der Waals surface area contributed by atoms with Crippen LogP contribution in [0.15, 0.2) is 57.7 Å². The van der Waals surface area contributed by atoms with Crippen molar-refractivity contribution in [3.05, 3.63) is 64.5 Å². The second-order valence-electron chi connectivity index (χ2n) is 5.72. The number of anilines is 1. The third-order valence-corrected chi connectivity index (χ3v) is 4.45. The molecule has 1 amide bonds. The van der Waals surface area contributed by atoms with Crippen molar-refractivity contribution in [2.45, 2.75) is 5.79 Å². The topological polar surface area (TPSA) is 77.8 Å². The van der Waals surface area contributed by atoms with E-state index in [-0.39, 0.29) is 0 Å². The highest BCUT2D eigenvalue weighted by Gasteiger charge is 2.48. The molecule has 0 aliphatic carbocycles. The van der Waals surface area contributed by atoms with E-state index in [1.165, 1.54) is 14.2 Å². The van der Waals surface area contributed by atoms with Gasteiger partial charge in [0.2, 0.25) is 0 Å². The number of carbonyl (C=O) groups excluding carboxylic acids is 1. The Morgan fingerprint density at radius 1 is 1.00 bits per heavy atom. The maximum atomic E-state index is 12.4. The average Bonchev–Trinajstić information content (AvgIpc) is 2.92. The third kappa shape index (κ3) is 2.19. The van der Waals surface area contributed by atoms with Crippen LogP contribution in [0.4, 0.5) is 5.69 Å². The molecule has 1 N–H and O–H groups in total. The van der Waals surface area contributed by atoms with E-state index in [1.54, 1.807) is 30.3 Å². The summed E-state index contributed by atoms with van der Waals surface area (Å²) in [6, 6.07) is 14.2. The fourth-order valence-electron chi connectivity index (χ4n) is 3.17. The second kappa shape index (κ2) is 5.54. The summed E-state index contributed by atoms with van der Waals surface area (Å²) in [5.41, 5.74) is 2.21. The smallest absolute Gasteiger partial charge is 0.344 e. The molecular weight excluding hydrogens is 322 g/mol. The number of rotatable bonds is 3. The van der Waals surface area contributed by atoms with E-state index in [1.807, 2.05) is 18.2 Å². The van der Waals surface area contributed by atoms with E-state index in [0.717, 1.165) is 5.39 Å². The van der Waals surface area contributed by atoms with Gasteiger partial charge in [0.1, 0.15) is 5.58 Å². The molecule has 4 rings (SSSR count). The quantitative estimate of drug-likeness (QED) is 0.587. The van der Waals surface area contributed by atoms with Crippen LogP contribution in [-0.2, 0) is 20.1 Å². The van der Waals surface area contributed by atoms with Gasteiger partial charge in [0.15, 0.2) is 0 Å². The number of para-hydroxylation sites is 1. The summed E-state index contributed by atoms with van der Waals surface area (Å²) in [7, 11) is 2.80. The second-order valence-corrected chi connectivity index (χ2v) is 5.72. The molecule has 1 aromatic heterocycles. The molecule has 0 saturated carbocycles. The summed E-state index contributed by atoms with van der Waals surface area (Å²) < 4.78 is 16.1. The Labute approximate surface area is 143 Å². The highest BCUT2D eigenvalue weighted by atomic mass is 16.7. The van der Waals surface area contributed by atoms with Crippen LogP contribution < -0.4 is 10.9 Å². The summed E-state index contributed by atoms with van der Waals surface area (Å²) in [6.45, 7) is 0. The SMILES string of the molecule is COC1(OC)C(=O)Nc2ccc(-c3cc4ccccc4oc3=O)cc21. The van der Waals surface area contributed by atoms with Crippen molar-refractivity contribution < 1.29 is 18.7 Å². The molecule has 6 nitrogen and oxygen atoms in total. The molecule has 2 aromatic carbocycles. The van der Waals surface area contributed by atoms with Crippen LogP contribution in [0.3, 0.4) is 0 Å². The van der Waals surface area contributed by atoms with Gasteiger partial charge in [-0.15, -0.1) is 0 Å². The van der Waals surface area contributed by atoms with Crippen molar-refractivity contribution in [3.8, 4) is 11.1 Å².